The predicted molar refractivity (Wildman–Crippen MR) is 98.0 cm³/mol. The number of hydrogen-bond donors (Lipinski definition) is 2. The first-order valence-electron chi connectivity index (χ1n) is 7.12. The van der Waals surface area contributed by atoms with Gasteiger partial charge in [0.2, 0.25) is 0 Å². The molecule has 1 aromatic carbocycles. The lowest BCUT2D eigenvalue weighted by Gasteiger charge is -2.15. The minimum atomic E-state index is -2.95. The van der Waals surface area contributed by atoms with Crippen LogP contribution in [0.5, 0.6) is 5.75 Å². The summed E-state index contributed by atoms with van der Waals surface area (Å²) in [7, 11) is 1.29. The molecular formula is C16H16F2N2O3S2. The summed E-state index contributed by atoms with van der Waals surface area (Å²) in [5, 5.41) is 6.35. The molecule has 2 N–H and O–H groups in total. The van der Waals surface area contributed by atoms with Gasteiger partial charge >= 0.3 is 12.6 Å². The van der Waals surface area contributed by atoms with E-state index in [-0.39, 0.29) is 10.9 Å². The average molecular weight is 386 g/mol. The fourth-order valence-electron chi connectivity index (χ4n) is 2.07. The molecule has 0 aliphatic rings. The Kier molecular flexibility index (Phi) is 6.27. The molecule has 5 nitrogen and oxygen atoms in total. The molecule has 0 saturated carbocycles. The van der Waals surface area contributed by atoms with Gasteiger partial charge in [-0.2, -0.15) is 8.78 Å². The summed E-state index contributed by atoms with van der Waals surface area (Å²) in [5.74, 6) is -0.521. The molecule has 0 spiro atoms. The zero-order valence-electron chi connectivity index (χ0n) is 13.7. The van der Waals surface area contributed by atoms with Crippen LogP contribution in [0, 0.1) is 13.8 Å². The Balaban J connectivity index is 2.19. The predicted octanol–water partition coefficient (Wildman–Crippen LogP) is 4.56. The topological polar surface area (TPSA) is 59.6 Å². The van der Waals surface area contributed by atoms with Gasteiger partial charge in [-0.05, 0) is 49.8 Å². The van der Waals surface area contributed by atoms with Crippen LogP contribution in [0.2, 0.25) is 0 Å². The second kappa shape index (κ2) is 8.21. The molecule has 0 radical (unpaired) electrons. The summed E-state index contributed by atoms with van der Waals surface area (Å²) in [6, 6.07) is 6.39. The number of esters is 1. The second-order valence-corrected chi connectivity index (χ2v) is 6.71. The highest BCUT2D eigenvalue weighted by Crippen LogP contribution is 2.30. The van der Waals surface area contributed by atoms with Gasteiger partial charge in [0, 0.05) is 4.88 Å². The normalized spacial score (nSPS) is 10.5. The maximum Gasteiger partial charge on any atom is 0.387 e. The van der Waals surface area contributed by atoms with E-state index in [1.807, 2.05) is 13.8 Å². The van der Waals surface area contributed by atoms with Crippen molar-refractivity contribution < 1.29 is 23.0 Å². The van der Waals surface area contributed by atoms with Crippen LogP contribution in [0.4, 0.5) is 19.5 Å². The molecule has 134 valence electrons. The lowest BCUT2D eigenvalue weighted by atomic mass is 10.2. The number of aryl methyl sites for hydroxylation is 2. The van der Waals surface area contributed by atoms with Crippen molar-refractivity contribution in [1.82, 2.24) is 0 Å². The van der Waals surface area contributed by atoms with E-state index in [1.54, 1.807) is 18.2 Å². The van der Waals surface area contributed by atoms with Crippen molar-refractivity contribution in [2.45, 2.75) is 20.5 Å². The summed E-state index contributed by atoms with van der Waals surface area (Å²) in [4.78, 5) is 12.7. The second-order valence-electron chi connectivity index (χ2n) is 5.05. The SMILES string of the molecule is COC(=O)c1cc(C)sc1NC(=S)Nc1cc(C)ccc1OC(F)F. The largest absolute Gasteiger partial charge is 0.465 e. The van der Waals surface area contributed by atoms with Gasteiger partial charge in [-0.25, -0.2) is 4.79 Å². The smallest absolute Gasteiger partial charge is 0.387 e. The third kappa shape index (κ3) is 5.10. The first-order valence-corrected chi connectivity index (χ1v) is 8.35. The van der Waals surface area contributed by atoms with Crippen molar-refractivity contribution in [2.75, 3.05) is 17.7 Å². The summed E-state index contributed by atoms with van der Waals surface area (Å²) in [6.45, 7) is 0.704. The number of rotatable bonds is 5. The Morgan fingerprint density at radius 2 is 1.96 bits per heavy atom. The van der Waals surface area contributed by atoms with Crippen LogP contribution in [0.3, 0.4) is 0 Å². The van der Waals surface area contributed by atoms with E-state index in [0.717, 1.165) is 10.4 Å². The minimum Gasteiger partial charge on any atom is -0.465 e. The molecule has 0 unspecified atom stereocenters. The number of carbonyl (C=O) groups is 1. The molecule has 0 saturated heterocycles. The van der Waals surface area contributed by atoms with E-state index >= 15 is 0 Å². The van der Waals surface area contributed by atoms with Crippen LogP contribution in [0.1, 0.15) is 20.8 Å². The molecule has 0 atom stereocenters. The summed E-state index contributed by atoms with van der Waals surface area (Å²) >= 11 is 6.54. The summed E-state index contributed by atoms with van der Waals surface area (Å²) in [5.41, 5.74) is 1.49. The first kappa shape index (κ1) is 19.1. The third-order valence-electron chi connectivity index (χ3n) is 3.09. The first-order chi connectivity index (χ1) is 11.8. The Hall–Kier alpha value is -2.26. The Morgan fingerprint density at radius 3 is 2.60 bits per heavy atom. The highest BCUT2D eigenvalue weighted by Gasteiger charge is 2.17. The monoisotopic (exact) mass is 386 g/mol. The highest BCUT2D eigenvalue weighted by atomic mass is 32.1. The molecule has 2 rings (SSSR count). The van der Waals surface area contributed by atoms with E-state index in [2.05, 4.69) is 15.4 Å². The lowest BCUT2D eigenvalue weighted by molar-refractivity contribution is -0.0493. The summed E-state index contributed by atoms with van der Waals surface area (Å²) < 4.78 is 34.3. The molecule has 0 amide bonds. The van der Waals surface area contributed by atoms with Crippen LogP contribution in [0.25, 0.3) is 0 Å². The van der Waals surface area contributed by atoms with Crippen molar-refractivity contribution in [3.63, 3.8) is 0 Å². The molecule has 2 aromatic rings. The van der Waals surface area contributed by atoms with Crippen molar-refractivity contribution in [3.05, 3.63) is 40.3 Å². The number of alkyl halides is 2. The number of methoxy groups -OCH3 is 1. The number of nitrogens with one attached hydrogen (secondary N) is 2. The fraction of sp³-hybridized carbons (Fsp3) is 0.250. The number of ether oxygens (including phenoxy) is 2. The molecule has 9 heteroatoms. The van der Waals surface area contributed by atoms with Gasteiger partial charge in [-0.1, -0.05) is 6.07 Å². The number of benzene rings is 1. The maximum atomic E-state index is 12.5. The number of anilines is 2. The number of thiocarbonyl (C=S) groups is 1. The highest BCUT2D eigenvalue weighted by molar-refractivity contribution is 7.80. The zero-order valence-corrected chi connectivity index (χ0v) is 15.3. The van der Waals surface area contributed by atoms with Crippen LogP contribution < -0.4 is 15.4 Å². The molecule has 1 aromatic heterocycles. The quantitative estimate of drug-likeness (QED) is 0.580. The average Bonchev–Trinajstić information content (AvgIpc) is 2.89. The number of thiophene rings is 1. The van der Waals surface area contributed by atoms with Crippen molar-refractivity contribution >= 4 is 45.3 Å². The minimum absolute atomic E-state index is 0.0275. The summed E-state index contributed by atoms with van der Waals surface area (Å²) in [6.07, 6.45) is 0. The van der Waals surface area contributed by atoms with Crippen LogP contribution in [0.15, 0.2) is 24.3 Å². The Bertz CT molecular complexity index is 794. The molecule has 0 fully saturated rings. The molecule has 0 bridgehead atoms. The van der Waals surface area contributed by atoms with Gasteiger partial charge < -0.3 is 20.1 Å². The van der Waals surface area contributed by atoms with E-state index in [0.29, 0.717) is 16.3 Å². The number of carbonyl (C=O) groups excluding carboxylic acids is 1. The molecule has 0 aliphatic carbocycles. The van der Waals surface area contributed by atoms with Gasteiger partial charge in [-0.15, -0.1) is 11.3 Å². The lowest BCUT2D eigenvalue weighted by Crippen LogP contribution is -2.20. The van der Waals surface area contributed by atoms with Gasteiger partial charge in [0.25, 0.3) is 0 Å². The Morgan fingerprint density at radius 1 is 1.24 bits per heavy atom. The van der Waals surface area contributed by atoms with E-state index in [1.165, 1.54) is 24.5 Å². The molecule has 0 aliphatic heterocycles. The number of halogens is 2. The molecule has 1 heterocycles. The standard InChI is InChI=1S/C16H16F2N2O3S2/c1-8-4-5-12(23-15(17)18)11(6-8)19-16(24)20-13-10(14(21)22-3)7-9(2)25-13/h4-7,15H,1-3H3,(H2,19,20,24). The molecular weight excluding hydrogens is 370 g/mol. The zero-order chi connectivity index (χ0) is 18.6. The Labute approximate surface area is 152 Å². The van der Waals surface area contributed by atoms with E-state index < -0.39 is 12.6 Å². The van der Waals surface area contributed by atoms with Crippen LogP contribution >= 0.6 is 23.6 Å². The van der Waals surface area contributed by atoms with Crippen molar-refractivity contribution in [3.8, 4) is 5.75 Å². The van der Waals surface area contributed by atoms with Gasteiger partial charge in [0.1, 0.15) is 10.8 Å². The van der Waals surface area contributed by atoms with Crippen molar-refractivity contribution in [1.29, 1.82) is 0 Å². The fourth-order valence-corrected chi connectivity index (χ4v) is 3.25. The van der Waals surface area contributed by atoms with Crippen LogP contribution in [-0.2, 0) is 4.74 Å². The van der Waals surface area contributed by atoms with E-state index in [9.17, 15) is 13.6 Å². The van der Waals surface area contributed by atoms with Gasteiger partial charge in [0.05, 0.1) is 18.4 Å². The van der Waals surface area contributed by atoms with E-state index in [4.69, 9.17) is 17.0 Å². The molecule has 25 heavy (non-hydrogen) atoms. The maximum absolute atomic E-state index is 12.5. The third-order valence-corrected chi connectivity index (χ3v) is 4.26. The number of hydrogen-bond acceptors (Lipinski definition) is 5. The van der Waals surface area contributed by atoms with Gasteiger partial charge in [0.15, 0.2) is 5.11 Å². The van der Waals surface area contributed by atoms with Gasteiger partial charge in [-0.3, -0.25) is 0 Å². The van der Waals surface area contributed by atoms with Crippen molar-refractivity contribution in [2.24, 2.45) is 0 Å². The van der Waals surface area contributed by atoms with Crippen LogP contribution in [-0.4, -0.2) is 24.8 Å².